The van der Waals surface area contributed by atoms with Crippen LogP contribution in [0.1, 0.15) is 80.1 Å². The van der Waals surface area contributed by atoms with Crippen LogP contribution in [-0.2, 0) is 0 Å². The second-order valence-corrected chi connectivity index (χ2v) is 6.46. The van der Waals surface area contributed by atoms with Crippen molar-refractivity contribution in [3.8, 4) is 0 Å². The smallest absolute Gasteiger partial charge is 0.0389 e. The molecular weight excluding hydrogens is 192 g/mol. The molecule has 0 bridgehead atoms. The maximum absolute atomic E-state index is 2.45. The molecule has 0 saturated carbocycles. The van der Waals surface area contributed by atoms with Crippen LogP contribution < -0.4 is 0 Å². The van der Waals surface area contributed by atoms with Crippen LogP contribution in [0.3, 0.4) is 0 Å². The molecule has 0 aromatic carbocycles. The number of rotatable bonds is 9. The maximum atomic E-state index is 2.45. The van der Waals surface area contributed by atoms with Gasteiger partial charge in [0.25, 0.3) is 0 Å². The highest BCUT2D eigenvalue weighted by molar-refractivity contribution is 4.67. The molecule has 0 heterocycles. The predicted octanol–water partition coefficient (Wildman–Crippen LogP) is 5.91. The quantitative estimate of drug-likeness (QED) is 0.458. The molecular formula is C16H34. The summed E-state index contributed by atoms with van der Waals surface area (Å²) in [5.74, 6) is 3.62. The Morgan fingerprint density at radius 1 is 0.812 bits per heavy atom. The molecule has 0 aromatic rings. The SMILES string of the molecule is CCCCC(CC(C)CCC(C)C)C(C)C. The Kier molecular flexibility index (Phi) is 9.07. The molecule has 16 heavy (non-hydrogen) atoms. The minimum Gasteiger partial charge on any atom is -0.0654 e. The van der Waals surface area contributed by atoms with Crippen molar-refractivity contribution in [3.05, 3.63) is 0 Å². The average molecular weight is 226 g/mol. The fourth-order valence-electron chi connectivity index (χ4n) is 2.44. The van der Waals surface area contributed by atoms with Gasteiger partial charge in [-0.25, -0.2) is 0 Å². The minimum absolute atomic E-state index is 0.869. The van der Waals surface area contributed by atoms with Crippen LogP contribution in [0, 0.1) is 23.7 Å². The first-order valence-corrected chi connectivity index (χ1v) is 7.47. The van der Waals surface area contributed by atoms with E-state index in [4.69, 9.17) is 0 Å². The van der Waals surface area contributed by atoms with Gasteiger partial charge >= 0.3 is 0 Å². The standard InChI is InChI=1S/C16H34/c1-7-8-9-16(14(4)5)12-15(6)11-10-13(2)3/h13-16H,7-12H2,1-6H3. The van der Waals surface area contributed by atoms with Gasteiger partial charge in [-0.1, -0.05) is 73.6 Å². The first kappa shape index (κ1) is 16.0. The minimum atomic E-state index is 0.869. The Morgan fingerprint density at radius 3 is 1.88 bits per heavy atom. The largest absolute Gasteiger partial charge is 0.0654 e. The summed E-state index contributed by atoms with van der Waals surface area (Å²) < 4.78 is 0. The lowest BCUT2D eigenvalue weighted by molar-refractivity contribution is 0.269. The third kappa shape index (κ3) is 8.19. The average Bonchev–Trinajstić information content (AvgIpc) is 2.20. The van der Waals surface area contributed by atoms with E-state index in [1.807, 2.05) is 0 Å². The van der Waals surface area contributed by atoms with Crippen LogP contribution in [0.5, 0.6) is 0 Å². The molecule has 0 amide bonds. The lowest BCUT2D eigenvalue weighted by Crippen LogP contribution is -2.13. The van der Waals surface area contributed by atoms with Crippen molar-refractivity contribution in [1.82, 2.24) is 0 Å². The normalized spacial score (nSPS) is 15.8. The maximum Gasteiger partial charge on any atom is -0.0389 e. The van der Waals surface area contributed by atoms with E-state index in [9.17, 15) is 0 Å². The molecule has 98 valence electrons. The Balaban J connectivity index is 3.88. The van der Waals surface area contributed by atoms with Crippen LogP contribution in [0.25, 0.3) is 0 Å². The van der Waals surface area contributed by atoms with Crippen molar-refractivity contribution in [2.24, 2.45) is 23.7 Å². The molecule has 2 unspecified atom stereocenters. The highest BCUT2D eigenvalue weighted by Crippen LogP contribution is 2.28. The molecule has 2 atom stereocenters. The molecule has 0 aliphatic rings. The Labute approximate surface area is 104 Å². The number of hydrogen-bond donors (Lipinski definition) is 0. The first-order valence-electron chi connectivity index (χ1n) is 7.47. The summed E-state index contributed by atoms with van der Waals surface area (Å²) in [6.07, 6.45) is 8.49. The Hall–Kier alpha value is 0. The summed E-state index contributed by atoms with van der Waals surface area (Å²) in [5.41, 5.74) is 0. The van der Waals surface area contributed by atoms with E-state index < -0.39 is 0 Å². The zero-order valence-electron chi connectivity index (χ0n) is 12.6. The number of hydrogen-bond acceptors (Lipinski definition) is 0. The van der Waals surface area contributed by atoms with Crippen molar-refractivity contribution in [1.29, 1.82) is 0 Å². The van der Waals surface area contributed by atoms with Gasteiger partial charge in [0.15, 0.2) is 0 Å². The van der Waals surface area contributed by atoms with Gasteiger partial charge in [-0.3, -0.25) is 0 Å². The summed E-state index contributed by atoms with van der Waals surface area (Å²) in [6, 6.07) is 0. The van der Waals surface area contributed by atoms with Crippen LogP contribution >= 0.6 is 0 Å². The summed E-state index contributed by atoms with van der Waals surface area (Å²) >= 11 is 0. The highest BCUT2D eigenvalue weighted by Gasteiger charge is 2.16. The predicted molar refractivity (Wildman–Crippen MR) is 75.7 cm³/mol. The highest BCUT2D eigenvalue weighted by atomic mass is 14.2. The first-order chi connectivity index (χ1) is 7.47. The van der Waals surface area contributed by atoms with Gasteiger partial charge in [0.2, 0.25) is 0 Å². The lowest BCUT2D eigenvalue weighted by Gasteiger charge is -2.24. The topological polar surface area (TPSA) is 0 Å². The molecule has 0 aromatic heterocycles. The Bertz CT molecular complexity index is 146. The van der Waals surface area contributed by atoms with Gasteiger partial charge in [-0.2, -0.15) is 0 Å². The van der Waals surface area contributed by atoms with Crippen molar-refractivity contribution >= 4 is 0 Å². The zero-order chi connectivity index (χ0) is 12.6. The van der Waals surface area contributed by atoms with Crippen molar-refractivity contribution in [2.75, 3.05) is 0 Å². The number of unbranched alkanes of at least 4 members (excludes halogenated alkanes) is 1. The second-order valence-electron chi connectivity index (χ2n) is 6.46. The molecule has 0 spiro atoms. The van der Waals surface area contributed by atoms with E-state index in [1.165, 1.54) is 38.5 Å². The van der Waals surface area contributed by atoms with E-state index in [2.05, 4.69) is 41.5 Å². The summed E-state index contributed by atoms with van der Waals surface area (Å²) in [4.78, 5) is 0. The van der Waals surface area contributed by atoms with Crippen molar-refractivity contribution in [2.45, 2.75) is 80.1 Å². The summed E-state index contributed by atoms with van der Waals surface area (Å²) in [5, 5.41) is 0. The van der Waals surface area contributed by atoms with Crippen LogP contribution in [0.2, 0.25) is 0 Å². The second kappa shape index (κ2) is 9.07. The van der Waals surface area contributed by atoms with Gasteiger partial charge in [-0.15, -0.1) is 0 Å². The molecule has 0 nitrogen and oxygen atoms in total. The molecule has 0 aliphatic heterocycles. The van der Waals surface area contributed by atoms with Crippen LogP contribution in [-0.4, -0.2) is 0 Å². The van der Waals surface area contributed by atoms with Gasteiger partial charge < -0.3 is 0 Å². The molecule has 0 radical (unpaired) electrons. The van der Waals surface area contributed by atoms with E-state index in [0.717, 1.165) is 23.7 Å². The molecule has 0 fully saturated rings. The van der Waals surface area contributed by atoms with Gasteiger partial charge in [-0.05, 0) is 30.1 Å². The van der Waals surface area contributed by atoms with Gasteiger partial charge in [0.05, 0.1) is 0 Å². The van der Waals surface area contributed by atoms with Crippen molar-refractivity contribution in [3.63, 3.8) is 0 Å². The summed E-state index contributed by atoms with van der Waals surface area (Å²) in [6.45, 7) is 14.2. The van der Waals surface area contributed by atoms with E-state index in [-0.39, 0.29) is 0 Å². The van der Waals surface area contributed by atoms with Gasteiger partial charge in [0.1, 0.15) is 0 Å². The lowest BCUT2D eigenvalue weighted by atomic mass is 9.81. The third-order valence-electron chi connectivity index (χ3n) is 3.81. The monoisotopic (exact) mass is 226 g/mol. The molecule has 0 heteroatoms. The van der Waals surface area contributed by atoms with Crippen LogP contribution in [0.15, 0.2) is 0 Å². The third-order valence-corrected chi connectivity index (χ3v) is 3.81. The van der Waals surface area contributed by atoms with E-state index in [0.29, 0.717) is 0 Å². The van der Waals surface area contributed by atoms with E-state index in [1.54, 1.807) is 0 Å². The fraction of sp³-hybridized carbons (Fsp3) is 1.00. The van der Waals surface area contributed by atoms with Crippen molar-refractivity contribution < 1.29 is 0 Å². The molecule has 0 N–H and O–H groups in total. The molecule has 0 saturated heterocycles. The van der Waals surface area contributed by atoms with Crippen LogP contribution in [0.4, 0.5) is 0 Å². The molecule has 0 aliphatic carbocycles. The summed E-state index contributed by atoms with van der Waals surface area (Å²) in [7, 11) is 0. The van der Waals surface area contributed by atoms with E-state index >= 15 is 0 Å². The molecule has 0 rings (SSSR count). The van der Waals surface area contributed by atoms with Gasteiger partial charge in [0, 0.05) is 0 Å². The Morgan fingerprint density at radius 2 is 1.44 bits per heavy atom. The zero-order valence-corrected chi connectivity index (χ0v) is 12.6. The fourth-order valence-corrected chi connectivity index (χ4v) is 2.44.